The smallest absolute Gasteiger partial charge is 0.326 e. The lowest BCUT2D eigenvalue weighted by molar-refractivity contribution is -0.142. The minimum absolute atomic E-state index is 0.206. The highest BCUT2D eigenvalue weighted by Crippen LogP contribution is 2.41. The van der Waals surface area contributed by atoms with E-state index in [1.807, 2.05) is 31.2 Å². The van der Waals surface area contributed by atoms with Crippen LogP contribution in [0.2, 0.25) is 0 Å². The van der Waals surface area contributed by atoms with E-state index in [0.717, 1.165) is 16.5 Å². The number of carbonyl (C=O) groups excluding carboxylic acids is 1. The number of nitrogens with one attached hydrogen (secondary N) is 1. The number of carboxylic acids is 1. The van der Waals surface area contributed by atoms with Gasteiger partial charge in [-0.15, -0.1) is 0 Å². The quantitative estimate of drug-likeness (QED) is 0.386. The molecule has 1 heterocycles. The van der Waals surface area contributed by atoms with Gasteiger partial charge in [-0.3, -0.25) is 4.79 Å². The molecule has 2 atom stereocenters. The fourth-order valence-electron chi connectivity index (χ4n) is 3.92. The summed E-state index contributed by atoms with van der Waals surface area (Å²) in [5.74, 6) is 0.0945. The van der Waals surface area contributed by atoms with Gasteiger partial charge in [0.05, 0.1) is 27.6 Å². The van der Waals surface area contributed by atoms with E-state index in [-0.39, 0.29) is 5.92 Å². The normalized spacial score (nSPS) is 13.3. The summed E-state index contributed by atoms with van der Waals surface area (Å²) in [6, 6.07) is 8.17. The Labute approximate surface area is 204 Å². The van der Waals surface area contributed by atoms with Crippen LogP contribution in [0.5, 0.6) is 17.2 Å². The SMILES string of the molecule is CCC(C)C(NC(=O)/C=C(\C)c1cc2c(-c3cc(OC)ccc3OC)coc2cc1OC)C(=O)O. The maximum absolute atomic E-state index is 12.7. The van der Waals surface area contributed by atoms with Crippen LogP contribution in [-0.2, 0) is 9.59 Å². The number of fused-ring (bicyclic) bond motifs is 1. The first-order valence-electron chi connectivity index (χ1n) is 11.3. The maximum Gasteiger partial charge on any atom is 0.326 e. The molecule has 0 bridgehead atoms. The lowest BCUT2D eigenvalue weighted by Gasteiger charge is -2.19. The van der Waals surface area contributed by atoms with E-state index in [0.29, 0.717) is 40.4 Å². The monoisotopic (exact) mass is 481 g/mol. The molecule has 0 aliphatic heterocycles. The Morgan fingerprint density at radius 1 is 1.06 bits per heavy atom. The van der Waals surface area contributed by atoms with E-state index < -0.39 is 17.9 Å². The number of rotatable bonds is 10. The Kier molecular flexibility index (Phi) is 8.06. The fraction of sp³-hybridized carbons (Fsp3) is 0.333. The molecule has 0 spiro atoms. The molecule has 3 rings (SSSR count). The highest BCUT2D eigenvalue weighted by molar-refractivity contribution is 6.01. The number of methoxy groups -OCH3 is 3. The van der Waals surface area contributed by atoms with Gasteiger partial charge in [0.2, 0.25) is 5.91 Å². The third-order valence-electron chi connectivity index (χ3n) is 6.14. The van der Waals surface area contributed by atoms with Crippen molar-refractivity contribution in [2.24, 2.45) is 5.92 Å². The number of hydrogen-bond donors (Lipinski definition) is 2. The molecule has 0 saturated carbocycles. The van der Waals surface area contributed by atoms with Crippen LogP contribution < -0.4 is 19.5 Å². The summed E-state index contributed by atoms with van der Waals surface area (Å²) < 4.78 is 22.3. The number of carbonyl (C=O) groups is 2. The number of hydrogen-bond acceptors (Lipinski definition) is 6. The molecular weight excluding hydrogens is 450 g/mol. The minimum atomic E-state index is -1.06. The molecule has 35 heavy (non-hydrogen) atoms. The van der Waals surface area contributed by atoms with Gasteiger partial charge in [0, 0.05) is 34.2 Å². The molecule has 1 amide bonds. The number of amides is 1. The Bertz CT molecular complexity index is 1260. The molecule has 0 aliphatic rings. The largest absolute Gasteiger partial charge is 0.497 e. The average Bonchev–Trinajstić information content (AvgIpc) is 3.27. The van der Waals surface area contributed by atoms with Gasteiger partial charge < -0.3 is 29.1 Å². The Morgan fingerprint density at radius 2 is 1.77 bits per heavy atom. The molecule has 186 valence electrons. The lowest BCUT2D eigenvalue weighted by Crippen LogP contribution is -2.44. The maximum atomic E-state index is 12.7. The van der Waals surface area contributed by atoms with Crippen molar-refractivity contribution < 1.29 is 33.3 Å². The molecule has 8 heteroatoms. The summed E-state index contributed by atoms with van der Waals surface area (Å²) in [5, 5.41) is 12.9. The van der Waals surface area contributed by atoms with Crippen molar-refractivity contribution >= 4 is 28.4 Å². The van der Waals surface area contributed by atoms with Crippen molar-refractivity contribution in [3.63, 3.8) is 0 Å². The fourth-order valence-corrected chi connectivity index (χ4v) is 3.92. The second kappa shape index (κ2) is 11.0. The number of allylic oxidation sites excluding steroid dienone is 1. The van der Waals surface area contributed by atoms with Gasteiger partial charge in [0.15, 0.2) is 0 Å². The number of benzene rings is 2. The average molecular weight is 482 g/mol. The molecular formula is C27H31NO7. The molecule has 2 aromatic carbocycles. The van der Waals surface area contributed by atoms with Crippen molar-refractivity contribution in [3.8, 4) is 28.4 Å². The summed E-state index contributed by atoms with van der Waals surface area (Å²) in [4.78, 5) is 24.3. The van der Waals surface area contributed by atoms with Crippen molar-refractivity contribution in [1.29, 1.82) is 0 Å². The molecule has 8 nitrogen and oxygen atoms in total. The van der Waals surface area contributed by atoms with Gasteiger partial charge in [-0.05, 0) is 42.7 Å². The van der Waals surface area contributed by atoms with Crippen LogP contribution >= 0.6 is 0 Å². The first kappa shape index (κ1) is 25.7. The van der Waals surface area contributed by atoms with Crippen molar-refractivity contribution in [2.45, 2.75) is 33.2 Å². The predicted octanol–water partition coefficient (Wildman–Crippen LogP) is 5.14. The van der Waals surface area contributed by atoms with Crippen LogP contribution in [0.1, 0.15) is 32.8 Å². The summed E-state index contributed by atoms with van der Waals surface area (Å²) in [5.41, 5.74) is 3.47. The lowest BCUT2D eigenvalue weighted by atomic mass is 9.98. The predicted molar refractivity (Wildman–Crippen MR) is 134 cm³/mol. The van der Waals surface area contributed by atoms with Crippen molar-refractivity contribution in [3.05, 3.63) is 48.2 Å². The van der Waals surface area contributed by atoms with Crippen LogP contribution in [0, 0.1) is 5.92 Å². The molecule has 0 fully saturated rings. The third kappa shape index (κ3) is 5.42. The van der Waals surface area contributed by atoms with E-state index in [9.17, 15) is 14.7 Å². The summed E-state index contributed by atoms with van der Waals surface area (Å²) in [7, 11) is 4.73. The van der Waals surface area contributed by atoms with E-state index in [2.05, 4.69) is 5.32 Å². The highest BCUT2D eigenvalue weighted by atomic mass is 16.5. The number of furan rings is 1. The molecule has 0 aliphatic carbocycles. The summed E-state index contributed by atoms with van der Waals surface area (Å²) >= 11 is 0. The zero-order valence-electron chi connectivity index (χ0n) is 20.8. The van der Waals surface area contributed by atoms with Crippen LogP contribution in [-0.4, -0.2) is 44.4 Å². The molecule has 3 aromatic rings. The molecule has 0 radical (unpaired) electrons. The van der Waals surface area contributed by atoms with Gasteiger partial charge in [-0.2, -0.15) is 0 Å². The zero-order valence-corrected chi connectivity index (χ0v) is 20.8. The van der Waals surface area contributed by atoms with Crippen molar-refractivity contribution in [1.82, 2.24) is 5.32 Å². The summed E-state index contributed by atoms with van der Waals surface area (Å²) in [6.45, 7) is 5.45. The Balaban J connectivity index is 2.06. The van der Waals surface area contributed by atoms with Gasteiger partial charge in [0.25, 0.3) is 0 Å². The van der Waals surface area contributed by atoms with Crippen LogP contribution in [0.4, 0.5) is 0 Å². The topological polar surface area (TPSA) is 107 Å². The number of aliphatic carboxylic acids is 1. The molecule has 2 N–H and O–H groups in total. The van der Waals surface area contributed by atoms with Crippen molar-refractivity contribution in [2.75, 3.05) is 21.3 Å². The van der Waals surface area contributed by atoms with Crippen LogP contribution in [0.3, 0.4) is 0 Å². The molecule has 2 unspecified atom stereocenters. The Morgan fingerprint density at radius 3 is 2.37 bits per heavy atom. The third-order valence-corrected chi connectivity index (χ3v) is 6.14. The van der Waals surface area contributed by atoms with Gasteiger partial charge in [0.1, 0.15) is 28.9 Å². The van der Waals surface area contributed by atoms with Crippen LogP contribution in [0.15, 0.2) is 47.1 Å². The van der Waals surface area contributed by atoms with Crippen LogP contribution in [0.25, 0.3) is 27.7 Å². The first-order valence-corrected chi connectivity index (χ1v) is 11.3. The van der Waals surface area contributed by atoms with Gasteiger partial charge in [-0.25, -0.2) is 4.79 Å². The number of carboxylic acid groups (broad SMARTS) is 1. The van der Waals surface area contributed by atoms with E-state index in [1.165, 1.54) is 13.2 Å². The zero-order chi connectivity index (χ0) is 25.7. The van der Waals surface area contributed by atoms with E-state index in [4.69, 9.17) is 18.6 Å². The first-order chi connectivity index (χ1) is 16.7. The Hall–Kier alpha value is -3.94. The van der Waals surface area contributed by atoms with E-state index in [1.54, 1.807) is 40.4 Å². The van der Waals surface area contributed by atoms with Gasteiger partial charge in [-0.1, -0.05) is 20.3 Å². The van der Waals surface area contributed by atoms with Gasteiger partial charge >= 0.3 is 5.97 Å². The second-order valence-corrected chi connectivity index (χ2v) is 8.30. The van der Waals surface area contributed by atoms with E-state index >= 15 is 0 Å². The summed E-state index contributed by atoms with van der Waals surface area (Å²) in [6.07, 6.45) is 3.65. The minimum Gasteiger partial charge on any atom is -0.497 e. The standard InChI is InChI=1S/C27H31NO7/c1-7-15(2)26(27(30)31)28-25(29)10-16(3)18-12-20-21(14-35-24(20)13-23(18)34-6)19-11-17(32-4)8-9-22(19)33-5/h8-15,26H,7H2,1-6H3,(H,28,29)(H,30,31)/b16-10+. The molecule has 1 aromatic heterocycles. The molecule has 0 saturated heterocycles. The highest BCUT2D eigenvalue weighted by Gasteiger charge is 2.25. The second-order valence-electron chi connectivity index (χ2n) is 8.30. The number of ether oxygens (including phenoxy) is 3.